The van der Waals surface area contributed by atoms with Gasteiger partial charge in [-0.15, -0.1) is 5.10 Å². The molecule has 132 valence electrons. The van der Waals surface area contributed by atoms with Crippen LogP contribution in [0.15, 0.2) is 30.7 Å². The molecule has 0 radical (unpaired) electrons. The molecule has 0 amide bonds. The van der Waals surface area contributed by atoms with Crippen LogP contribution in [0.1, 0.15) is 53.4 Å². The Hall–Kier alpha value is -1.75. The highest BCUT2D eigenvalue weighted by molar-refractivity contribution is 5.55. The first-order chi connectivity index (χ1) is 11.3. The number of aromatic nitrogens is 4. The molecular weight excluding hydrogens is 298 g/mol. The molecule has 2 rings (SSSR count). The molecule has 0 unspecified atom stereocenters. The van der Waals surface area contributed by atoms with Crippen LogP contribution >= 0.6 is 0 Å². The Morgan fingerprint density at radius 3 is 2.54 bits per heavy atom. The molecule has 0 bridgehead atoms. The number of nitrogens with zero attached hydrogens (tertiary/aromatic N) is 4. The van der Waals surface area contributed by atoms with E-state index in [0.29, 0.717) is 5.41 Å². The fourth-order valence-electron chi connectivity index (χ4n) is 3.52. The van der Waals surface area contributed by atoms with Crippen LogP contribution in [-0.4, -0.2) is 26.5 Å². The van der Waals surface area contributed by atoms with Crippen molar-refractivity contribution in [3.05, 3.63) is 30.7 Å². The Labute approximate surface area is 145 Å². The quantitative estimate of drug-likeness (QED) is 0.757. The molecule has 0 spiro atoms. The maximum atomic E-state index is 5.66. The molecule has 0 aliphatic heterocycles. The molecule has 2 N–H and O–H groups in total. The first-order valence-corrected chi connectivity index (χ1v) is 8.82. The fraction of sp³-hybridized carbons (Fsp3) is 0.632. The van der Waals surface area contributed by atoms with Gasteiger partial charge in [-0.05, 0) is 55.2 Å². The molecule has 2 aromatic heterocycles. The summed E-state index contributed by atoms with van der Waals surface area (Å²) in [4.78, 5) is 4.13. The zero-order chi connectivity index (χ0) is 17.6. The molecule has 5 heteroatoms. The van der Waals surface area contributed by atoms with E-state index < -0.39 is 0 Å². The third-order valence-corrected chi connectivity index (χ3v) is 4.53. The van der Waals surface area contributed by atoms with Crippen molar-refractivity contribution in [3.8, 4) is 11.3 Å². The van der Waals surface area contributed by atoms with Gasteiger partial charge in [0.05, 0.1) is 6.20 Å². The molecule has 0 atom stereocenters. The Morgan fingerprint density at radius 2 is 1.88 bits per heavy atom. The average molecular weight is 329 g/mol. The molecule has 0 aromatic carbocycles. The predicted molar refractivity (Wildman–Crippen MR) is 98.3 cm³/mol. The molecule has 0 saturated carbocycles. The Balaban J connectivity index is 1.91. The van der Waals surface area contributed by atoms with Crippen LogP contribution < -0.4 is 5.73 Å². The first-order valence-electron chi connectivity index (χ1n) is 8.82. The standard InChI is InChI=1S/C19H31N5/c1-18(2,8-6-10-20)15-19(3,4)9-12-24-14-17(22-23-24)16-7-5-11-21-13-16/h5,7,11,13-14H,6,8-10,12,15,20H2,1-4H3. The number of nitrogens with two attached hydrogens (primary N) is 1. The Kier molecular flexibility index (Phi) is 6.10. The summed E-state index contributed by atoms with van der Waals surface area (Å²) in [6.07, 6.45) is 10.1. The predicted octanol–water partition coefficient (Wildman–Crippen LogP) is 3.91. The van der Waals surface area contributed by atoms with Crippen molar-refractivity contribution in [1.29, 1.82) is 0 Å². The topological polar surface area (TPSA) is 69.6 Å². The molecule has 2 aromatic rings. The van der Waals surface area contributed by atoms with E-state index in [-0.39, 0.29) is 5.41 Å². The second-order valence-electron chi connectivity index (χ2n) is 8.26. The van der Waals surface area contributed by atoms with Gasteiger partial charge < -0.3 is 5.73 Å². The lowest BCUT2D eigenvalue weighted by Gasteiger charge is -2.35. The molecule has 0 aliphatic carbocycles. The van der Waals surface area contributed by atoms with E-state index in [0.717, 1.165) is 37.2 Å². The normalized spacial score (nSPS) is 12.5. The summed E-state index contributed by atoms with van der Waals surface area (Å²) in [5, 5.41) is 8.53. The van der Waals surface area contributed by atoms with Gasteiger partial charge in [0.1, 0.15) is 5.69 Å². The average Bonchev–Trinajstić information content (AvgIpc) is 3.00. The minimum absolute atomic E-state index is 0.262. The van der Waals surface area contributed by atoms with Gasteiger partial charge in [0.25, 0.3) is 0 Å². The van der Waals surface area contributed by atoms with Crippen molar-refractivity contribution in [1.82, 2.24) is 20.0 Å². The highest BCUT2D eigenvalue weighted by atomic mass is 15.4. The van der Waals surface area contributed by atoms with Crippen molar-refractivity contribution < 1.29 is 0 Å². The SMILES string of the molecule is CC(C)(CCCN)CC(C)(C)CCn1cc(-c2cccnc2)nn1. The van der Waals surface area contributed by atoms with E-state index in [4.69, 9.17) is 5.73 Å². The van der Waals surface area contributed by atoms with Gasteiger partial charge in [-0.1, -0.05) is 32.9 Å². The number of pyridine rings is 1. The second kappa shape index (κ2) is 7.88. The molecule has 0 saturated heterocycles. The molecule has 24 heavy (non-hydrogen) atoms. The Bertz CT molecular complexity index is 616. The third-order valence-electron chi connectivity index (χ3n) is 4.53. The van der Waals surface area contributed by atoms with Crippen molar-refractivity contribution in [2.75, 3.05) is 6.54 Å². The van der Waals surface area contributed by atoms with Gasteiger partial charge in [-0.2, -0.15) is 0 Å². The van der Waals surface area contributed by atoms with E-state index in [2.05, 4.69) is 43.0 Å². The van der Waals surface area contributed by atoms with Crippen LogP contribution in [0.5, 0.6) is 0 Å². The van der Waals surface area contributed by atoms with Crippen molar-refractivity contribution in [2.24, 2.45) is 16.6 Å². The number of hydrogen-bond acceptors (Lipinski definition) is 4. The second-order valence-corrected chi connectivity index (χ2v) is 8.26. The minimum Gasteiger partial charge on any atom is -0.330 e. The number of aryl methyl sites for hydroxylation is 1. The van der Waals surface area contributed by atoms with E-state index in [1.807, 2.05) is 29.2 Å². The van der Waals surface area contributed by atoms with Gasteiger partial charge in [-0.25, -0.2) is 0 Å². The van der Waals surface area contributed by atoms with Crippen LogP contribution in [0.2, 0.25) is 0 Å². The number of rotatable bonds is 9. The highest BCUT2D eigenvalue weighted by Gasteiger charge is 2.28. The van der Waals surface area contributed by atoms with Crippen LogP contribution in [0, 0.1) is 10.8 Å². The summed E-state index contributed by atoms with van der Waals surface area (Å²) in [7, 11) is 0. The lowest BCUT2D eigenvalue weighted by molar-refractivity contribution is 0.162. The smallest absolute Gasteiger partial charge is 0.114 e. The molecule has 0 aliphatic rings. The summed E-state index contributed by atoms with van der Waals surface area (Å²) >= 11 is 0. The first kappa shape index (κ1) is 18.6. The van der Waals surface area contributed by atoms with Gasteiger partial charge in [0.2, 0.25) is 0 Å². The molecule has 5 nitrogen and oxygen atoms in total. The van der Waals surface area contributed by atoms with Gasteiger partial charge in [-0.3, -0.25) is 9.67 Å². The fourth-order valence-corrected chi connectivity index (χ4v) is 3.52. The van der Waals surface area contributed by atoms with Gasteiger partial charge in [0, 0.05) is 24.5 Å². The van der Waals surface area contributed by atoms with E-state index >= 15 is 0 Å². The van der Waals surface area contributed by atoms with E-state index in [1.54, 1.807) is 6.20 Å². The summed E-state index contributed by atoms with van der Waals surface area (Å²) in [5.74, 6) is 0. The monoisotopic (exact) mass is 329 g/mol. The zero-order valence-electron chi connectivity index (χ0n) is 15.5. The van der Waals surface area contributed by atoms with Crippen molar-refractivity contribution in [2.45, 2.75) is 59.9 Å². The summed E-state index contributed by atoms with van der Waals surface area (Å²) in [6.45, 7) is 11.0. The third kappa shape index (κ3) is 5.71. The molecule has 2 heterocycles. The van der Waals surface area contributed by atoms with Crippen LogP contribution in [0.3, 0.4) is 0 Å². The maximum Gasteiger partial charge on any atom is 0.114 e. The summed E-state index contributed by atoms with van der Waals surface area (Å²) < 4.78 is 1.94. The van der Waals surface area contributed by atoms with Crippen molar-refractivity contribution >= 4 is 0 Å². The van der Waals surface area contributed by atoms with Gasteiger partial charge in [0.15, 0.2) is 0 Å². The Morgan fingerprint density at radius 1 is 1.12 bits per heavy atom. The maximum absolute atomic E-state index is 5.66. The molecular formula is C19H31N5. The lowest BCUT2D eigenvalue weighted by Crippen LogP contribution is -2.25. The summed E-state index contributed by atoms with van der Waals surface area (Å²) in [6, 6.07) is 3.92. The summed E-state index contributed by atoms with van der Waals surface area (Å²) in [5.41, 5.74) is 8.13. The van der Waals surface area contributed by atoms with Crippen LogP contribution in [0.25, 0.3) is 11.3 Å². The van der Waals surface area contributed by atoms with Crippen molar-refractivity contribution in [3.63, 3.8) is 0 Å². The lowest BCUT2D eigenvalue weighted by atomic mass is 9.71. The number of hydrogen-bond donors (Lipinski definition) is 1. The van der Waals surface area contributed by atoms with Crippen LogP contribution in [0.4, 0.5) is 0 Å². The van der Waals surface area contributed by atoms with Crippen LogP contribution in [-0.2, 0) is 6.54 Å². The van der Waals surface area contributed by atoms with E-state index in [9.17, 15) is 0 Å². The molecule has 0 fully saturated rings. The minimum atomic E-state index is 0.262. The highest BCUT2D eigenvalue weighted by Crippen LogP contribution is 2.39. The largest absolute Gasteiger partial charge is 0.330 e. The van der Waals surface area contributed by atoms with Gasteiger partial charge >= 0.3 is 0 Å². The van der Waals surface area contributed by atoms with E-state index in [1.165, 1.54) is 12.8 Å². The zero-order valence-corrected chi connectivity index (χ0v) is 15.5.